The monoisotopic (exact) mass is 278 g/mol. The second-order valence-electron chi connectivity index (χ2n) is 5.41. The maximum Gasteiger partial charge on any atom is 0.257 e. The number of rotatable bonds is 3. The Morgan fingerprint density at radius 1 is 1.40 bits per heavy atom. The average molecular weight is 278 g/mol. The maximum absolute atomic E-state index is 12.7. The normalized spacial score (nSPS) is 22.6. The Hall–Kier alpha value is -1.75. The van der Waals surface area contributed by atoms with E-state index >= 15 is 0 Å². The molecule has 0 bridgehead atoms. The number of likely N-dealkylation sites (tertiary alicyclic amines) is 1. The summed E-state index contributed by atoms with van der Waals surface area (Å²) < 4.78 is 10.8. The number of carbonyl (C=O) groups is 1. The zero-order valence-corrected chi connectivity index (χ0v) is 12.3. The molecule has 1 saturated heterocycles. The van der Waals surface area contributed by atoms with E-state index in [-0.39, 0.29) is 11.5 Å². The average Bonchev–Trinajstić information content (AvgIpc) is 2.46. The van der Waals surface area contributed by atoms with Crippen LogP contribution in [0.5, 0.6) is 5.75 Å². The first kappa shape index (κ1) is 14.7. The Morgan fingerprint density at radius 2 is 2.15 bits per heavy atom. The van der Waals surface area contributed by atoms with Crippen molar-refractivity contribution in [3.63, 3.8) is 0 Å². The molecule has 1 atom stereocenters. The van der Waals surface area contributed by atoms with E-state index in [0.717, 1.165) is 19.4 Å². The molecule has 1 aliphatic rings. The Balaban J connectivity index is 2.26. The van der Waals surface area contributed by atoms with Crippen LogP contribution in [0.2, 0.25) is 0 Å². The number of nitrogens with zero attached hydrogens (tertiary/aromatic N) is 1. The second kappa shape index (κ2) is 5.71. The molecule has 1 aromatic carbocycles. The van der Waals surface area contributed by atoms with E-state index in [0.29, 0.717) is 23.5 Å². The van der Waals surface area contributed by atoms with E-state index in [1.54, 1.807) is 25.3 Å². The van der Waals surface area contributed by atoms with Crippen molar-refractivity contribution in [2.45, 2.75) is 25.4 Å². The van der Waals surface area contributed by atoms with Crippen molar-refractivity contribution in [1.82, 2.24) is 4.90 Å². The Morgan fingerprint density at radius 3 is 2.80 bits per heavy atom. The second-order valence-corrected chi connectivity index (χ2v) is 5.41. The highest BCUT2D eigenvalue weighted by Gasteiger charge is 2.34. The van der Waals surface area contributed by atoms with Crippen molar-refractivity contribution < 1.29 is 14.3 Å². The van der Waals surface area contributed by atoms with E-state index in [9.17, 15) is 4.79 Å². The Labute approximate surface area is 119 Å². The molecule has 110 valence electrons. The lowest BCUT2D eigenvalue weighted by atomic mass is 9.94. The lowest BCUT2D eigenvalue weighted by molar-refractivity contribution is -0.0440. The van der Waals surface area contributed by atoms with Crippen LogP contribution in [0.4, 0.5) is 5.69 Å². The van der Waals surface area contributed by atoms with Crippen molar-refractivity contribution in [1.29, 1.82) is 0 Å². The number of amides is 1. The summed E-state index contributed by atoms with van der Waals surface area (Å²) in [6.07, 6.45) is 1.89. The van der Waals surface area contributed by atoms with Gasteiger partial charge >= 0.3 is 0 Å². The standard InChI is InChI=1S/C15H22N2O3/c1-15(20-3)8-5-9-17(10-15)14(18)11-6-4-7-12(16)13(11)19-2/h4,6-7H,5,8-10,16H2,1-3H3. The van der Waals surface area contributed by atoms with E-state index in [4.69, 9.17) is 15.2 Å². The molecule has 0 saturated carbocycles. The van der Waals surface area contributed by atoms with Gasteiger partial charge in [0.1, 0.15) is 0 Å². The molecule has 1 amide bonds. The van der Waals surface area contributed by atoms with Crippen molar-refractivity contribution in [3.05, 3.63) is 23.8 Å². The number of para-hydroxylation sites is 1. The molecule has 0 spiro atoms. The number of hydrogen-bond acceptors (Lipinski definition) is 4. The van der Waals surface area contributed by atoms with Crippen LogP contribution in [0.1, 0.15) is 30.1 Å². The largest absolute Gasteiger partial charge is 0.494 e. The van der Waals surface area contributed by atoms with Gasteiger partial charge in [0.15, 0.2) is 5.75 Å². The smallest absolute Gasteiger partial charge is 0.257 e. The molecule has 1 unspecified atom stereocenters. The van der Waals surface area contributed by atoms with E-state index in [2.05, 4.69) is 0 Å². The molecule has 1 fully saturated rings. The zero-order valence-electron chi connectivity index (χ0n) is 12.3. The number of anilines is 1. The summed E-state index contributed by atoms with van der Waals surface area (Å²) in [5.74, 6) is 0.388. The van der Waals surface area contributed by atoms with E-state index < -0.39 is 0 Å². The summed E-state index contributed by atoms with van der Waals surface area (Å²) in [4.78, 5) is 14.5. The van der Waals surface area contributed by atoms with Gasteiger partial charge in [-0.05, 0) is 31.9 Å². The van der Waals surface area contributed by atoms with Crippen LogP contribution in [0.25, 0.3) is 0 Å². The van der Waals surface area contributed by atoms with Gasteiger partial charge in [-0.1, -0.05) is 6.07 Å². The van der Waals surface area contributed by atoms with Crippen molar-refractivity contribution in [2.75, 3.05) is 33.0 Å². The molecular weight excluding hydrogens is 256 g/mol. The number of nitrogen functional groups attached to an aromatic ring is 1. The van der Waals surface area contributed by atoms with Gasteiger partial charge in [0.25, 0.3) is 5.91 Å². The SMILES string of the molecule is COc1c(N)cccc1C(=O)N1CCCC(C)(OC)C1. The number of ether oxygens (including phenoxy) is 2. The summed E-state index contributed by atoms with van der Waals surface area (Å²) in [6, 6.07) is 5.24. The fourth-order valence-corrected chi connectivity index (χ4v) is 2.67. The number of benzene rings is 1. The third-order valence-electron chi connectivity index (χ3n) is 3.92. The highest BCUT2D eigenvalue weighted by Crippen LogP contribution is 2.30. The lowest BCUT2D eigenvalue weighted by Crippen LogP contribution is -2.49. The molecule has 1 aliphatic heterocycles. The van der Waals surface area contributed by atoms with Crippen LogP contribution in [0.15, 0.2) is 18.2 Å². The number of hydrogen-bond donors (Lipinski definition) is 1. The van der Waals surface area contributed by atoms with Gasteiger partial charge in [-0.2, -0.15) is 0 Å². The molecule has 0 aromatic heterocycles. The Bertz CT molecular complexity index is 504. The number of piperidine rings is 1. The fourth-order valence-electron chi connectivity index (χ4n) is 2.67. The molecule has 2 rings (SSSR count). The molecule has 1 heterocycles. The summed E-state index contributed by atoms with van der Waals surface area (Å²) >= 11 is 0. The summed E-state index contributed by atoms with van der Waals surface area (Å²) in [5, 5.41) is 0. The maximum atomic E-state index is 12.7. The minimum Gasteiger partial charge on any atom is -0.494 e. The molecule has 5 nitrogen and oxygen atoms in total. The third kappa shape index (κ3) is 2.72. The third-order valence-corrected chi connectivity index (χ3v) is 3.92. The quantitative estimate of drug-likeness (QED) is 0.858. The minimum atomic E-state index is -0.276. The molecule has 2 N–H and O–H groups in total. The van der Waals surface area contributed by atoms with Crippen molar-refractivity contribution in [2.24, 2.45) is 0 Å². The summed E-state index contributed by atoms with van der Waals surface area (Å²) in [5.41, 5.74) is 6.57. The van der Waals surface area contributed by atoms with Gasteiger partial charge in [-0.3, -0.25) is 4.79 Å². The van der Waals surface area contributed by atoms with Crippen LogP contribution in [-0.4, -0.2) is 43.7 Å². The van der Waals surface area contributed by atoms with Crippen LogP contribution < -0.4 is 10.5 Å². The van der Waals surface area contributed by atoms with Crippen molar-refractivity contribution in [3.8, 4) is 5.75 Å². The fraction of sp³-hybridized carbons (Fsp3) is 0.533. The zero-order chi connectivity index (χ0) is 14.8. The van der Waals surface area contributed by atoms with Gasteiger partial charge in [0.05, 0.1) is 24.0 Å². The summed E-state index contributed by atoms with van der Waals surface area (Å²) in [7, 11) is 3.22. The van der Waals surface area contributed by atoms with E-state index in [1.807, 2.05) is 11.8 Å². The van der Waals surface area contributed by atoms with Crippen LogP contribution in [-0.2, 0) is 4.74 Å². The number of methoxy groups -OCH3 is 2. The van der Waals surface area contributed by atoms with Gasteiger partial charge in [0.2, 0.25) is 0 Å². The summed E-state index contributed by atoms with van der Waals surface area (Å²) in [6.45, 7) is 3.35. The van der Waals surface area contributed by atoms with Crippen LogP contribution in [0, 0.1) is 0 Å². The Kier molecular flexibility index (Phi) is 4.18. The number of carbonyl (C=O) groups excluding carboxylic acids is 1. The van der Waals surface area contributed by atoms with Crippen molar-refractivity contribution >= 4 is 11.6 Å². The highest BCUT2D eigenvalue weighted by molar-refractivity contribution is 5.98. The molecule has 1 aromatic rings. The predicted molar refractivity (Wildman–Crippen MR) is 78.0 cm³/mol. The van der Waals surface area contributed by atoms with Gasteiger partial charge < -0.3 is 20.1 Å². The van der Waals surface area contributed by atoms with Crippen LogP contribution in [0.3, 0.4) is 0 Å². The first-order valence-corrected chi connectivity index (χ1v) is 6.77. The molecular formula is C15H22N2O3. The molecule has 0 aliphatic carbocycles. The minimum absolute atomic E-state index is 0.0582. The van der Waals surface area contributed by atoms with Gasteiger partial charge in [-0.25, -0.2) is 0 Å². The van der Waals surface area contributed by atoms with Crippen LogP contribution >= 0.6 is 0 Å². The molecule has 5 heteroatoms. The lowest BCUT2D eigenvalue weighted by Gasteiger charge is -2.39. The highest BCUT2D eigenvalue weighted by atomic mass is 16.5. The first-order chi connectivity index (χ1) is 9.50. The number of nitrogens with two attached hydrogens (primary N) is 1. The molecule has 20 heavy (non-hydrogen) atoms. The predicted octanol–water partition coefficient (Wildman–Crippen LogP) is 1.92. The van der Waals surface area contributed by atoms with Gasteiger partial charge in [-0.15, -0.1) is 0 Å². The van der Waals surface area contributed by atoms with E-state index in [1.165, 1.54) is 7.11 Å². The molecule has 0 radical (unpaired) electrons. The first-order valence-electron chi connectivity index (χ1n) is 6.77. The van der Waals surface area contributed by atoms with Gasteiger partial charge in [0, 0.05) is 20.2 Å². The topological polar surface area (TPSA) is 64.8 Å².